The molecular formula is C39H58N5O9P. The van der Waals surface area contributed by atoms with Gasteiger partial charge in [0.05, 0.1) is 31.1 Å². The number of nitrogens with zero attached hydrogens (tertiary/aromatic N) is 2. The zero-order valence-corrected chi connectivity index (χ0v) is 32.7. The number of allylic oxidation sites excluding steroid dienone is 1. The van der Waals surface area contributed by atoms with E-state index in [4.69, 9.17) is 18.5 Å². The Morgan fingerprint density at radius 1 is 0.889 bits per heavy atom. The number of carbonyl (C=O) groups excluding carboxylic acids is 4. The minimum atomic E-state index is -3.85. The van der Waals surface area contributed by atoms with E-state index in [2.05, 4.69) is 20.9 Å². The number of ether oxygens (including phenoxy) is 2. The fourth-order valence-electron chi connectivity index (χ4n) is 8.43. The van der Waals surface area contributed by atoms with E-state index in [0.717, 1.165) is 76.6 Å². The van der Waals surface area contributed by atoms with Crippen LogP contribution in [0.5, 0.6) is 0 Å². The van der Waals surface area contributed by atoms with Crippen molar-refractivity contribution >= 4 is 43.0 Å². The summed E-state index contributed by atoms with van der Waals surface area (Å²) in [6.45, 7) is 5.41. The standard InChI is InChI=1S/C39H58N5O9P/c1-3-50-54(49,51-4-2)39-26-28(39)17-9-6-5-7-10-21-32(41-38(48)52-29-18-11-12-19-29)36(46)44-27-30(25-34(44)35(45)42-39)53-37(47)40-31-20-13-14-22-33(31)43-23-15-8-16-24-43/h9,13-14,17,20,22,28-30,32,34H,3-8,10-12,15-16,18-19,21,23-27H2,1-2H3,(H,40,47)(H,41,48)(H,42,45)/t28-,30-,32+,34+,39+/m1/s1. The SMILES string of the molecule is CCOP(=O)(OCC)[C@@]12C[C@H]1C=CCCCCC[C@H](NC(=O)OC1CCCC1)C(=O)N1C[C@H](OC(=O)Nc3ccccc3N3CCCCC3)C[C@H]1C(=O)N2. The van der Waals surface area contributed by atoms with Gasteiger partial charge >= 0.3 is 19.8 Å². The lowest BCUT2D eigenvalue weighted by molar-refractivity contribution is -0.140. The van der Waals surface area contributed by atoms with Crippen LogP contribution in [0.2, 0.25) is 0 Å². The second-order valence-electron chi connectivity index (χ2n) is 15.1. The highest BCUT2D eigenvalue weighted by molar-refractivity contribution is 7.56. The molecule has 3 N–H and O–H groups in total. The minimum Gasteiger partial charge on any atom is -0.446 e. The highest BCUT2D eigenvalue weighted by Gasteiger charge is 2.68. The maximum atomic E-state index is 14.5. The molecule has 0 aromatic heterocycles. The summed E-state index contributed by atoms with van der Waals surface area (Å²) < 4.78 is 37.5. The number of alkyl carbamates (subject to hydrolysis) is 1. The quantitative estimate of drug-likeness (QED) is 0.169. The van der Waals surface area contributed by atoms with Crippen molar-refractivity contribution in [1.29, 1.82) is 0 Å². The average molecular weight is 772 g/mol. The number of anilines is 2. The molecule has 4 amide bonds. The molecule has 5 aliphatic rings. The number of benzene rings is 1. The van der Waals surface area contributed by atoms with Crippen LogP contribution in [0.1, 0.15) is 104 Å². The van der Waals surface area contributed by atoms with Gasteiger partial charge in [-0.05, 0) is 96.6 Å². The highest BCUT2D eigenvalue weighted by atomic mass is 31.2. The molecule has 2 saturated heterocycles. The average Bonchev–Trinajstić information content (AvgIpc) is 3.43. The van der Waals surface area contributed by atoms with Gasteiger partial charge in [0.25, 0.3) is 0 Å². The van der Waals surface area contributed by atoms with Crippen molar-refractivity contribution in [2.24, 2.45) is 5.92 Å². The molecule has 3 heterocycles. The van der Waals surface area contributed by atoms with Crippen LogP contribution in [0.25, 0.3) is 0 Å². The summed E-state index contributed by atoms with van der Waals surface area (Å²) in [6, 6.07) is 5.54. The zero-order chi connectivity index (χ0) is 38.1. The summed E-state index contributed by atoms with van der Waals surface area (Å²) in [5.74, 6) is -1.31. The second-order valence-corrected chi connectivity index (χ2v) is 17.4. The Morgan fingerprint density at radius 2 is 1.57 bits per heavy atom. The molecule has 2 aliphatic carbocycles. The summed E-state index contributed by atoms with van der Waals surface area (Å²) in [5, 5.41) is 7.44. The summed E-state index contributed by atoms with van der Waals surface area (Å²) in [6.07, 6.45) is 12.3. The number of para-hydroxylation sites is 2. The van der Waals surface area contributed by atoms with Gasteiger partial charge in [0.1, 0.15) is 29.6 Å². The summed E-state index contributed by atoms with van der Waals surface area (Å²) in [5.41, 5.74) is 1.53. The van der Waals surface area contributed by atoms with Gasteiger partial charge in [0.15, 0.2) is 0 Å². The van der Waals surface area contributed by atoms with Crippen molar-refractivity contribution in [1.82, 2.24) is 15.5 Å². The number of hydrogen-bond donors (Lipinski definition) is 3. The summed E-state index contributed by atoms with van der Waals surface area (Å²) in [7, 11) is -3.85. The molecule has 298 valence electrons. The normalized spacial score (nSPS) is 28.3. The van der Waals surface area contributed by atoms with Crippen LogP contribution in [-0.2, 0) is 32.7 Å². The molecule has 0 radical (unpaired) electrons. The lowest BCUT2D eigenvalue weighted by Gasteiger charge is -2.32. The lowest BCUT2D eigenvalue weighted by Crippen LogP contribution is -2.55. The molecule has 14 nitrogen and oxygen atoms in total. The van der Waals surface area contributed by atoms with E-state index in [-0.39, 0.29) is 38.2 Å². The molecule has 1 aromatic rings. The molecule has 3 aliphatic heterocycles. The monoisotopic (exact) mass is 771 g/mol. The van der Waals surface area contributed by atoms with Gasteiger partial charge in [0, 0.05) is 25.4 Å². The van der Waals surface area contributed by atoms with Crippen LogP contribution in [0.15, 0.2) is 36.4 Å². The van der Waals surface area contributed by atoms with Crippen molar-refractivity contribution < 1.29 is 42.3 Å². The summed E-state index contributed by atoms with van der Waals surface area (Å²) in [4.78, 5) is 59.2. The van der Waals surface area contributed by atoms with Crippen molar-refractivity contribution in [3.63, 3.8) is 0 Å². The largest absolute Gasteiger partial charge is 0.446 e. The lowest BCUT2D eigenvalue weighted by atomic mass is 10.0. The maximum absolute atomic E-state index is 14.5. The molecule has 54 heavy (non-hydrogen) atoms. The van der Waals surface area contributed by atoms with Crippen LogP contribution in [0, 0.1) is 5.92 Å². The smallest absolute Gasteiger partial charge is 0.412 e. The van der Waals surface area contributed by atoms with Crippen LogP contribution < -0.4 is 20.9 Å². The topological polar surface area (TPSA) is 165 Å². The van der Waals surface area contributed by atoms with Crippen molar-refractivity contribution in [2.75, 3.05) is 43.1 Å². The number of piperidine rings is 1. The van der Waals surface area contributed by atoms with Crippen LogP contribution in [0.4, 0.5) is 21.0 Å². The van der Waals surface area contributed by atoms with E-state index in [1.54, 1.807) is 13.8 Å². The Kier molecular flexibility index (Phi) is 13.6. The predicted molar refractivity (Wildman–Crippen MR) is 204 cm³/mol. The van der Waals surface area contributed by atoms with Gasteiger partial charge in [0.2, 0.25) is 11.8 Å². The van der Waals surface area contributed by atoms with E-state index in [9.17, 15) is 23.7 Å². The molecule has 15 heteroatoms. The third kappa shape index (κ3) is 9.42. The van der Waals surface area contributed by atoms with Crippen molar-refractivity contribution in [2.45, 2.75) is 133 Å². The first-order valence-corrected chi connectivity index (χ1v) is 21.7. The first kappa shape index (κ1) is 40.1. The minimum absolute atomic E-state index is 0.00215. The molecule has 2 saturated carbocycles. The number of rotatable bonds is 10. The molecular weight excluding hydrogens is 713 g/mol. The van der Waals surface area contributed by atoms with Gasteiger partial charge in [-0.1, -0.05) is 37.1 Å². The van der Waals surface area contributed by atoms with Crippen molar-refractivity contribution in [3.8, 4) is 0 Å². The number of nitrogens with one attached hydrogen (secondary N) is 3. The molecule has 0 spiro atoms. The molecule has 0 bridgehead atoms. The number of carbonyl (C=O) groups is 4. The van der Waals surface area contributed by atoms with E-state index >= 15 is 0 Å². The highest BCUT2D eigenvalue weighted by Crippen LogP contribution is 2.73. The van der Waals surface area contributed by atoms with Crippen molar-refractivity contribution in [3.05, 3.63) is 36.4 Å². The van der Waals surface area contributed by atoms with Gasteiger partial charge in [-0.3, -0.25) is 19.5 Å². The second kappa shape index (κ2) is 18.3. The van der Waals surface area contributed by atoms with E-state index in [1.807, 2.05) is 36.4 Å². The van der Waals surface area contributed by atoms with Gasteiger partial charge < -0.3 is 39.0 Å². The Bertz CT molecular complexity index is 1550. The molecule has 1 aromatic carbocycles. The molecule has 4 fully saturated rings. The third-order valence-corrected chi connectivity index (χ3v) is 14.1. The number of fused-ring (bicyclic) bond motifs is 2. The van der Waals surface area contributed by atoms with Gasteiger partial charge in [-0.2, -0.15) is 0 Å². The Morgan fingerprint density at radius 3 is 2.31 bits per heavy atom. The predicted octanol–water partition coefficient (Wildman–Crippen LogP) is 6.85. The van der Waals surface area contributed by atoms with E-state index in [1.165, 1.54) is 11.3 Å². The first-order chi connectivity index (χ1) is 26.2. The van der Waals surface area contributed by atoms with Crippen LogP contribution in [-0.4, -0.2) is 91.3 Å². The number of amides is 4. The van der Waals surface area contributed by atoms with Gasteiger partial charge in [-0.25, -0.2) is 9.59 Å². The summed E-state index contributed by atoms with van der Waals surface area (Å²) >= 11 is 0. The molecule has 6 rings (SSSR count). The third-order valence-electron chi connectivity index (χ3n) is 11.3. The number of hydrogen-bond acceptors (Lipinski definition) is 10. The maximum Gasteiger partial charge on any atom is 0.412 e. The Hall–Kier alpha value is -3.61. The Balaban J connectivity index is 1.25. The molecule has 5 atom stereocenters. The van der Waals surface area contributed by atoms with E-state index in [0.29, 0.717) is 24.9 Å². The fourth-order valence-corrected chi connectivity index (χ4v) is 10.8. The van der Waals surface area contributed by atoms with E-state index < -0.39 is 55.1 Å². The first-order valence-electron chi connectivity index (χ1n) is 20.1. The van der Waals surface area contributed by atoms with Crippen LogP contribution >= 0.6 is 7.60 Å². The Labute approximate surface area is 318 Å². The van der Waals surface area contributed by atoms with Gasteiger partial charge in [-0.15, -0.1) is 0 Å². The molecule has 0 unspecified atom stereocenters. The van der Waals surface area contributed by atoms with Crippen LogP contribution in [0.3, 0.4) is 0 Å². The zero-order valence-electron chi connectivity index (χ0n) is 31.8. The fraction of sp³-hybridized carbons (Fsp3) is 0.692.